The van der Waals surface area contributed by atoms with Crippen molar-refractivity contribution in [3.63, 3.8) is 0 Å². The zero-order chi connectivity index (χ0) is 26.6. The van der Waals surface area contributed by atoms with Gasteiger partial charge in [0.25, 0.3) is 5.91 Å². The number of benzene rings is 2. The molecule has 1 aliphatic heterocycles. The number of hydrogen-bond donors (Lipinski definition) is 3. The fourth-order valence-electron chi connectivity index (χ4n) is 4.66. The van der Waals surface area contributed by atoms with Gasteiger partial charge in [0.2, 0.25) is 0 Å². The summed E-state index contributed by atoms with van der Waals surface area (Å²) in [6.45, 7) is 4.94. The van der Waals surface area contributed by atoms with Crippen molar-refractivity contribution in [2.75, 3.05) is 43.8 Å². The van der Waals surface area contributed by atoms with Crippen molar-refractivity contribution >= 4 is 23.3 Å². The number of para-hydroxylation sites is 2. The van der Waals surface area contributed by atoms with Crippen LogP contribution in [0.5, 0.6) is 0 Å². The van der Waals surface area contributed by atoms with Crippen molar-refractivity contribution in [2.45, 2.75) is 38.6 Å². The van der Waals surface area contributed by atoms with Crippen LogP contribution in [0.3, 0.4) is 0 Å². The molecule has 0 radical (unpaired) electrons. The minimum Gasteiger partial charge on any atom is -0.397 e. The molecule has 0 bridgehead atoms. The first-order chi connectivity index (χ1) is 18.6. The van der Waals surface area contributed by atoms with E-state index < -0.39 is 0 Å². The fourth-order valence-corrected chi connectivity index (χ4v) is 4.66. The first-order valence-electron chi connectivity index (χ1n) is 13.5. The summed E-state index contributed by atoms with van der Waals surface area (Å²) in [6.07, 6.45) is 7.19. The van der Waals surface area contributed by atoms with Crippen molar-refractivity contribution in [3.8, 4) is 0 Å². The van der Waals surface area contributed by atoms with E-state index in [1.807, 2.05) is 41.3 Å². The number of nitrogens with one attached hydrogen (secondary N) is 2. The second kappa shape index (κ2) is 14.1. The average molecular weight is 515 g/mol. The molecule has 3 aromatic rings. The maximum absolute atomic E-state index is 13.1. The first kappa shape index (κ1) is 27.1. The smallest absolute Gasteiger partial charge is 0.317 e. The molecular weight excluding hydrogens is 476 g/mol. The lowest BCUT2D eigenvalue weighted by molar-refractivity contribution is 0.102. The molecule has 0 atom stereocenters. The van der Waals surface area contributed by atoms with Gasteiger partial charge in [-0.15, -0.1) is 0 Å². The van der Waals surface area contributed by atoms with Crippen molar-refractivity contribution in [3.05, 3.63) is 89.7 Å². The minimum absolute atomic E-state index is 0.0825. The molecule has 0 aliphatic carbocycles. The van der Waals surface area contributed by atoms with Crippen LogP contribution in [0.25, 0.3) is 0 Å². The van der Waals surface area contributed by atoms with Crippen LogP contribution < -0.4 is 16.4 Å². The summed E-state index contributed by atoms with van der Waals surface area (Å²) in [5.74, 6) is -0.327. The molecule has 38 heavy (non-hydrogen) atoms. The SMILES string of the molecule is Nc1ccccc1NC(=O)c1ccc(CN(CCCN2CCCCC2)C(=O)NCCc2ccccc2)cn1. The van der Waals surface area contributed by atoms with E-state index in [1.165, 1.54) is 24.8 Å². The zero-order valence-electron chi connectivity index (χ0n) is 21.9. The highest BCUT2D eigenvalue weighted by atomic mass is 16.2. The van der Waals surface area contributed by atoms with Crippen LogP contribution in [0.2, 0.25) is 0 Å². The Hall–Kier alpha value is -3.91. The van der Waals surface area contributed by atoms with Gasteiger partial charge in [-0.25, -0.2) is 4.79 Å². The summed E-state index contributed by atoms with van der Waals surface area (Å²) in [5.41, 5.74) is 9.33. The molecule has 4 N–H and O–H groups in total. The second-order valence-corrected chi connectivity index (χ2v) is 9.74. The molecule has 2 aromatic carbocycles. The van der Waals surface area contributed by atoms with E-state index in [1.54, 1.807) is 24.4 Å². The molecule has 0 saturated carbocycles. The number of urea groups is 1. The standard InChI is InChI=1S/C30H38N6O2/c31-26-12-5-6-13-27(26)34-29(37)28-15-14-25(22-33-28)23-36(21-9-20-35-18-7-2-8-19-35)30(38)32-17-16-24-10-3-1-4-11-24/h1,3-6,10-15,22H,2,7-9,16-21,23,31H2,(H,32,38)(H,34,37). The van der Waals surface area contributed by atoms with E-state index in [0.29, 0.717) is 36.7 Å². The molecule has 1 aliphatic rings. The lowest BCUT2D eigenvalue weighted by Gasteiger charge is -2.28. The summed E-state index contributed by atoms with van der Waals surface area (Å²) in [4.78, 5) is 34.4. The second-order valence-electron chi connectivity index (χ2n) is 9.74. The third-order valence-electron chi connectivity index (χ3n) is 6.81. The van der Waals surface area contributed by atoms with Gasteiger partial charge in [0.15, 0.2) is 0 Å². The number of hydrogen-bond acceptors (Lipinski definition) is 5. The molecule has 0 unspecified atom stereocenters. The van der Waals surface area contributed by atoms with Crippen LogP contribution in [0, 0.1) is 0 Å². The highest BCUT2D eigenvalue weighted by molar-refractivity contribution is 6.04. The molecule has 8 heteroatoms. The quantitative estimate of drug-likeness (QED) is 0.326. The predicted molar refractivity (Wildman–Crippen MR) is 152 cm³/mol. The lowest BCUT2D eigenvalue weighted by atomic mass is 10.1. The number of nitrogen functional groups attached to an aromatic ring is 1. The van der Waals surface area contributed by atoms with Gasteiger partial charge in [0.05, 0.1) is 11.4 Å². The van der Waals surface area contributed by atoms with Crippen LogP contribution in [-0.4, -0.2) is 59.4 Å². The average Bonchev–Trinajstić information content (AvgIpc) is 2.95. The highest BCUT2D eigenvalue weighted by Gasteiger charge is 2.17. The van der Waals surface area contributed by atoms with Gasteiger partial charge >= 0.3 is 6.03 Å². The summed E-state index contributed by atoms with van der Waals surface area (Å²) in [5, 5.41) is 5.87. The first-order valence-corrected chi connectivity index (χ1v) is 13.5. The molecule has 8 nitrogen and oxygen atoms in total. The van der Waals surface area contributed by atoms with E-state index in [0.717, 1.165) is 38.0 Å². The largest absolute Gasteiger partial charge is 0.397 e. The predicted octanol–water partition coefficient (Wildman–Crippen LogP) is 4.55. The number of pyridine rings is 1. The molecule has 4 rings (SSSR count). The Bertz CT molecular complexity index is 1160. The lowest BCUT2D eigenvalue weighted by Crippen LogP contribution is -2.42. The molecule has 1 fully saturated rings. The number of amides is 3. The van der Waals surface area contributed by atoms with Gasteiger partial charge < -0.3 is 26.2 Å². The Morgan fingerprint density at radius 1 is 0.921 bits per heavy atom. The van der Waals surface area contributed by atoms with Crippen molar-refractivity contribution in [1.82, 2.24) is 20.1 Å². The minimum atomic E-state index is -0.327. The van der Waals surface area contributed by atoms with E-state index in [9.17, 15) is 9.59 Å². The number of likely N-dealkylation sites (tertiary alicyclic amines) is 1. The molecule has 200 valence electrons. The van der Waals surface area contributed by atoms with Crippen molar-refractivity contribution in [1.29, 1.82) is 0 Å². The number of rotatable bonds is 11. The van der Waals surface area contributed by atoms with E-state index >= 15 is 0 Å². The number of aromatic nitrogens is 1. The van der Waals surface area contributed by atoms with E-state index in [-0.39, 0.29) is 11.9 Å². The third-order valence-corrected chi connectivity index (χ3v) is 6.81. The topological polar surface area (TPSA) is 104 Å². The Kier molecular flexibility index (Phi) is 10.1. The molecule has 2 heterocycles. The maximum Gasteiger partial charge on any atom is 0.317 e. The molecule has 0 spiro atoms. The summed E-state index contributed by atoms with van der Waals surface area (Å²) in [6, 6.07) is 20.7. The zero-order valence-corrected chi connectivity index (χ0v) is 21.9. The normalized spacial score (nSPS) is 13.6. The maximum atomic E-state index is 13.1. The number of carbonyl (C=O) groups excluding carboxylic acids is 2. The van der Waals surface area contributed by atoms with Crippen LogP contribution in [0.15, 0.2) is 72.9 Å². The summed E-state index contributed by atoms with van der Waals surface area (Å²) in [7, 11) is 0. The van der Waals surface area contributed by atoms with E-state index in [2.05, 4.69) is 32.7 Å². The molecule has 1 aromatic heterocycles. The summed E-state index contributed by atoms with van der Waals surface area (Å²) < 4.78 is 0. The van der Waals surface area contributed by atoms with Crippen molar-refractivity contribution < 1.29 is 9.59 Å². The summed E-state index contributed by atoms with van der Waals surface area (Å²) >= 11 is 0. The molecular formula is C30H38N6O2. The van der Waals surface area contributed by atoms with Gasteiger partial charge in [-0.3, -0.25) is 9.78 Å². The van der Waals surface area contributed by atoms with E-state index in [4.69, 9.17) is 5.73 Å². The Balaban J connectivity index is 1.34. The number of carbonyl (C=O) groups is 2. The Morgan fingerprint density at radius 3 is 2.42 bits per heavy atom. The number of nitrogens with zero attached hydrogens (tertiary/aromatic N) is 3. The van der Waals surface area contributed by atoms with Crippen LogP contribution >= 0.6 is 0 Å². The van der Waals surface area contributed by atoms with Crippen LogP contribution in [-0.2, 0) is 13.0 Å². The Labute approximate surface area is 225 Å². The van der Waals surface area contributed by atoms with Gasteiger partial charge in [0, 0.05) is 25.8 Å². The molecule has 1 saturated heterocycles. The van der Waals surface area contributed by atoms with Crippen LogP contribution in [0.4, 0.5) is 16.2 Å². The number of nitrogens with two attached hydrogens (primary N) is 1. The van der Waals surface area contributed by atoms with Gasteiger partial charge in [-0.1, -0.05) is 55.0 Å². The van der Waals surface area contributed by atoms with Crippen molar-refractivity contribution in [2.24, 2.45) is 0 Å². The third kappa shape index (κ3) is 8.31. The molecule has 3 amide bonds. The van der Waals surface area contributed by atoms with Gasteiger partial charge in [-0.2, -0.15) is 0 Å². The van der Waals surface area contributed by atoms with Gasteiger partial charge in [0.1, 0.15) is 5.69 Å². The Morgan fingerprint density at radius 2 is 1.68 bits per heavy atom. The fraction of sp³-hybridized carbons (Fsp3) is 0.367. The number of anilines is 2. The monoisotopic (exact) mass is 514 g/mol. The van der Waals surface area contributed by atoms with Gasteiger partial charge in [-0.05, 0) is 74.6 Å². The highest BCUT2D eigenvalue weighted by Crippen LogP contribution is 2.18. The number of piperidine rings is 1. The van der Waals surface area contributed by atoms with Crippen LogP contribution in [0.1, 0.15) is 47.3 Å².